The Hall–Kier alpha value is -3.28. The van der Waals surface area contributed by atoms with Crippen molar-refractivity contribution >= 4 is 28.5 Å². The van der Waals surface area contributed by atoms with Crippen LogP contribution in [0, 0.1) is 0 Å². The van der Waals surface area contributed by atoms with Crippen LogP contribution in [0.15, 0.2) is 47.1 Å². The van der Waals surface area contributed by atoms with Crippen LogP contribution in [0.25, 0.3) is 11.0 Å². The van der Waals surface area contributed by atoms with E-state index >= 15 is 0 Å². The molecule has 6 heteroatoms. The zero-order valence-corrected chi connectivity index (χ0v) is 16.4. The number of hydrogen-bond donors (Lipinski definition) is 2. The number of ether oxygens (including phenoxy) is 1. The number of benzene rings is 2. The third kappa shape index (κ3) is 4.42. The molecule has 0 bridgehead atoms. The number of carbonyl (C=O) groups excluding carboxylic acids is 2. The smallest absolute Gasteiger partial charge is 0.257 e. The van der Waals surface area contributed by atoms with Gasteiger partial charge in [-0.3, -0.25) is 9.59 Å². The SMILES string of the molecule is CCNC(=O)COc1ccc(NC(=O)Cc2coc3cc4c(cc23)CCC4)cc1. The van der Waals surface area contributed by atoms with Gasteiger partial charge in [0.2, 0.25) is 5.91 Å². The molecular formula is C23H24N2O4. The maximum absolute atomic E-state index is 12.5. The molecule has 0 saturated carbocycles. The first-order valence-corrected chi connectivity index (χ1v) is 9.93. The molecule has 2 aromatic carbocycles. The van der Waals surface area contributed by atoms with E-state index < -0.39 is 0 Å². The van der Waals surface area contributed by atoms with Gasteiger partial charge < -0.3 is 19.8 Å². The van der Waals surface area contributed by atoms with E-state index in [1.165, 1.54) is 17.5 Å². The topological polar surface area (TPSA) is 80.6 Å². The summed E-state index contributed by atoms with van der Waals surface area (Å²) in [5.41, 5.74) is 5.14. The summed E-state index contributed by atoms with van der Waals surface area (Å²) in [6, 6.07) is 11.2. The summed E-state index contributed by atoms with van der Waals surface area (Å²) < 4.78 is 11.1. The van der Waals surface area contributed by atoms with Gasteiger partial charge in [-0.15, -0.1) is 0 Å². The molecule has 0 atom stereocenters. The molecule has 0 fully saturated rings. The molecule has 0 unspecified atom stereocenters. The number of likely N-dealkylation sites (N-methyl/N-ethyl adjacent to an activating group) is 1. The second-order valence-corrected chi connectivity index (χ2v) is 7.22. The fourth-order valence-corrected chi connectivity index (χ4v) is 3.69. The summed E-state index contributed by atoms with van der Waals surface area (Å²) in [6.45, 7) is 2.40. The highest BCUT2D eigenvalue weighted by Gasteiger charge is 2.16. The highest BCUT2D eigenvalue weighted by molar-refractivity contribution is 5.95. The number of anilines is 1. The number of nitrogens with one attached hydrogen (secondary N) is 2. The highest BCUT2D eigenvalue weighted by atomic mass is 16.5. The zero-order chi connectivity index (χ0) is 20.2. The minimum Gasteiger partial charge on any atom is -0.484 e. The molecule has 3 aromatic rings. The van der Waals surface area contributed by atoms with Gasteiger partial charge in [0.1, 0.15) is 11.3 Å². The molecule has 2 amide bonds. The van der Waals surface area contributed by atoms with Gasteiger partial charge in [-0.2, -0.15) is 0 Å². The Kier molecular flexibility index (Phi) is 5.51. The molecule has 2 N–H and O–H groups in total. The van der Waals surface area contributed by atoms with Crippen molar-refractivity contribution in [2.45, 2.75) is 32.6 Å². The van der Waals surface area contributed by atoms with E-state index in [0.717, 1.165) is 29.4 Å². The van der Waals surface area contributed by atoms with Crippen LogP contribution in [-0.4, -0.2) is 25.0 Å². The largest absolute Gasteiger partial charge is 0.484 e. The highest BCUT2D eigenvalue weighted by Crippen LogP contribution is 2.30. The van der Waals surface area contributed by atoms with E-state index in [2.05, 4.69) is 22.8 Å². The van der Waals surface area contributed by atoms with Crippen LogP contribution in [0.3, 0.4) is 0 Å². The Balaban J connectivity index is 1.36. The molecule has 6 nitrogen and oxygen atoms in total. The van der Waals surface area contributed by atoms with Crippen molar-refractivity contribution in [3.05, 3.63) is 59.4 Å². The quantitative estimate of drug-likeness (QED) is 0.644. The van der Waals surface area contributed by atoms with Gasteiger partial charge in [-0.1, -0.05) is 0 Å². The van der Waals surface area contributed by atoms with Crippen molar-refractivity contribution in [3.8, 4) is 5.75 Å². The second kappa shape index (κ2) is 8.39. The molecule has 0 radical (unpaired) electrons. The van der Waals surface area contributed by atoms with Crippen LogP contribution in [-0.2, 0) is 28.9 Å². The maximum atomic E-state index is 12.5. The number of furan rings is 1. The summed E-state index contributed by atoms with van der Waals surface area (Å²) in [4.78, 5) is 23.9. The lowest BCUT2D eigenvalue weighted by Gasteiger charge is -2.08. The number of fused-ring (bicyclic) bond motifs is 2. The van der Waals surface area contributed by atoms with Crippen LogP contribution < -0.4 is 15.4 Å². The molecular weight excluding hydrogens is 368 g/mol. The maximum Gasteiger partial charge on any atom is 0.257 e. The molecule has 0 aliphatic heterocycles. The van der Waals surface area contributed by atoms with Crippen molar-refractivity contribution in [3.63, 3.8) is 0 Å². The third-order valence-electron chi connectivity index (χ3n) is 5.10. The van der Waals surface area contributed by atoms with Crippen molar-refractivity contribution in [1.29, 1.82) is 0 Å². The zero-order valence-electron chi connectivity index (χ0n) is 16.4. The van der Waals surface area contributed by atoms with Gasteiger partial charge in [0, 0.05) is 23.2 Å². The molecule has 4 rings (SSSR count). The molecule has 0 spiro atoms. The van der Waals surface area contributed by atoms with E-state index in [4.69, 9.17) is 9.15 Å². The van der Waals surface area contributed by atoms with Gasteiger partial charge in [0.15, 0.2) is 6.61 Å². The van der Waals surface area contributed by atoms with E-state index in [1.807, 2.05) is 6.92 Å². The van der Waals surface area contributed by atoms with Crippen molar-refractivity contribution in [1.82, 2.24) is 5.32 Å². The summed E-state index contributed by atoms with van der Waals surface area (Å²) >= 11 is 0. The number of rotatable bonds is 7. The summed E-state index contributed by atoms with van der Waals surface area (Å²) in [5, 5.41) is 6.59. The minimum atomic E-state index is -0.164. The monoisotopic (exact) mass is 392 g/mol. The van der Waals surface area contributed by atoms with Crippen LogP contribution in [0.2, 0.25) is 0 Å². The first-order chi connectivity index (χ1) is 14.1. The van der Waals surface area contributed by atoms with Gasteiger partial charge in [0.05, 0.1) is 12.7 Å². The predicted molar refractivity (Wildman–Crippen MR) is 111 cm³/mol. The summed E-state index contributed by atoms with van der Waals surface area (Å²) in [5.74, 6) is 0.302. The van der Waals surface area contributed by atoms with E-state index in [9.17, 15) is 9.59 Å². The standard InChI is InChI=1S/C23H24N2O4/c1-2-24-23(27)14-28-19-8-6-18(7-9-19)25-22(26)12-17-13-29-21-11-16-5-3-4-15(16)10-20(17)21/h6-11,13H,2-5,12,14H2,1H3,(H,24,27)(H,25,26). The van der Waals surface area contributed by atoms with E-state index in [-0.39, 0.29) is 24.8 Å². The average Bonchev–Trinajstić information content (AvgIpc) is 3.32. The minimum absolute atomic E-state index is 0.0309. The predicted octanol–water partition coefficient (Wildman–Crippen LogP) is 3.62. The molecule has 1 aliphatic rings. The Morgan fingerprint density at radius 1 is 1.07 bits per heavy atom. The van der Waals surface area contributed by atoms with Gasteiger partial charge in [-0.25, -0.2) is 0 Å². The molecule has 150 valence electrons. The fraction of sp³-hybridized carbons (Fsp3) is 0.304. The second-order valence-electron chi connectivity index (χ2n) is 7.22. The fourth-order valence-electron chi connectivity index (χ4n) is 3.69. The summed E-state index contributed by atoms with van der Waals surface area (Å²) in [7, 11) is 0. The van der Waals surface area contributed by atoms with Crippen molar-refractivity contribution in [2.75, 3.05) is 18.5 Å². The van der Waals surface area contributed by atoms with E-state index in [1.54, 1.807) is 30.5 Å². The number of aryl methyl sites for hydroxylation is 2. The molecule has 29 heavy (non-hydrogen) atoms. The number of carbonyl (C=O) groups is 2. The third-order valence-corrected chi connectivity index (χ3v) is 5.10. The first-order valence-electron chi connectivity index (χ1n) is 9.93. The molecule has 1 heterocycles. The first kappa shape index (κ1) is 19.1. The molecule has 0 saturated heterocycles. The van der Waals surface area contributed by atoms with Gasteiger partial charge in [-0.05, 0) is 73.7 Å². The normalized spacial score (nSPS) is 12.6. The Bertz CT molecular complexity index is 1040. The Morgan fingerprint density at radius 3 is 2.59 bits per heavy atom. The molecule has 1 aliphatic carbocycles. The number of amides is 2. The van der Waals surface area contributed by atoms with Crippen LogP contribution in [0.1, 0.15) is 30.0 Å². The lowest BCUT2D eigenvalue weighted by Crippen LogP contribution is -2.28. The van der Waals surface area contributed by atoms with E-state index in [0.29, 0.717) is 18.0 Å². The van der Waals surface area contributed by atoms with Crippen molar-refractivity contribution < 1.29 is 18.7 Å². The van der Waals surface area contributed by atoms with Crippen LogP contribution >= 0.6 is 0 Å². The lowest BCUT2D eigenvalue weighted by molar-refractivity contribution is -0.123. The van der Waals surface area contributed by atoms with Gasteiger partial charge >= 0.3 is 0 Å². The van der Waals surface area contributed by atoms with Crippen LogP contribution in [0.5, 0.6) is 5.75 Å². The summed E-state index contributed by atoms with van der Waals surface area (Å²) in [6.07, 6.45) is 5.31. The Labute approximate surface area is 169 Å². The lowest BCUT2D eigenvalue weighted by atomic mass is 10.0. The van der Waals surface area contributed by atoms with Crippen LogP contribution in [0.4, 0.5) is 5.69 Å². The van der Waals surface area contributed by atoms with Crippen molar-refractivity contribution in [2.24, 2.45) is 0 Å². The van der Waals surface area contributed by atoms with Gasteiger partial charge in [0.25, 0.3) is 5.91 Å². The average molecular weight is 392 g/mol. The number of hydrogen-bond acceptors (Lipinski definition) is 4. The Morgan fingerprint density at radius 2 is 1.83 bits per heavy atom. The molecule has 1 aromatic heterocycles.